The molecule has 2 heterocycles. The summed E-state index contributed by atoms with van der Waals surface area (Å²) in [6, 6.07) is 9.82. The Kier molecular flexibility index (Phi) is 5.96. The summed E-state index contributed by atoms with van der Waals surface area (Å²) in [6.07, 6.45) is 0.630. The van der Waals surface area contributed by atoms with Crippen LogP contribution in [0.15, 0.2) is 39.9 Å². The van der Waals surface area contributed by atoms with Crippen LogP contribution in [0.5, 0.6) is 0 Å². The van der Waals surface area contributed by atoms with Crippen molar-refractivity contribution in [3.05, 3.63) is 62.6 Å². The number of imidazole rings is 1. The molecule has 0 spiro atoms. The molecule has 2 N–H and O–H groups in total. The lowest BCUT2D eigenvalue weighted by Crippen LogP contribution is -2.41. The van der Waals surface area contributed by atoms with E-state index < -0.39 is 11.6 Å². The second kappa shape index (κ2) is 8.30. The van der Waals surface area contributed by atoms with Gasteiger partial charge in [-0.05, 0) is 12.0 Å². The second-order valence-electron chi connectivity index (χ2n) is 8.54. The largest absolute Gasteiger partial charge is 0.370 e. The number of benzene rings is 1. The number of amides is 1. The molecule has 0 fully saturated rings. The van der Waals surface area contributed by atoms with Crippen LogP contribution >= 0.6 is 0 Å². The number of hydrogen-bond acceptors (Lipinski definition) is 4. The molecule has 0 aliphatic carbocycles. The average Bonchev–Trinajstić information content (AvgIpc) is 3.05. The summed E-state index contributed by atoms with van der Waals surface area (Å²) in [5, 5.41) is 0. The third-order valence-corrected chi connectivity index (χ3v) is 5.00. The molecule has 0 saturated carbocycles. The van der Waals surface area contributed by atoms with E-state index in [-0.39, 0.29) is 23.9 Å². The van der Waals surface area contributed by atoms with E-state index in [1.54, 1.807) is 0 Å². The highest BCUT2D eigenvalue weighted by Gasteiger charge is 2.27. The fraction of sp³-hybridized carbons (Fsp3) is 0.455. The summed E-state index contributed by atoms with van der Waals surface area (Å²) < 4.78 is 4.55. The molecule has 0 unspecified atom stereocenters. The topological polar surface area (TPSA) is 105 Å². The lowest BCUT2D eigenvalue weighted by molar-refractivity contribution is -0.118. The molecule has 0 saturated heterocycles. The number of rotatable bonds is 7. The summed E-state index contributed by atoms with van der Waals surface area (Å²) in [6.45, 7) is 8.81. The molecule has 3 rings (SSSR count). The van der Waals surface area contributed by atoms with E-state index in [0.29, 0.717) is 36.5 Å². The van der Waals surface area contributed by atoms with Gasteiger partial charge in [-0.1, -0.05) is 58.0 Å². The fourth-order valence-electron chi connectivity index (χ4n) is 3.63. The van der Waals surface area contributed by atoms with Crippen molar-refractivity contribution in [3.8, 4) is 0 Å². The van der Waals surface area contributed by atoms with Gasteiger partial charge in [0.2, 0.25) is 5.91 Å². The van der Waals surface area contributed by atoms with Crippen LogP contribution < -0.4 is 17.0 Å². The van der Waals surface area contributed by atoms with E-state index in [1.807, 2.05) is 62.6 Å². The zero-order chi connectivity index (χ0) is 22.1. The number of hydrogen-bond donors (Lipinski definition) is 1. The van der Waals surface area contributed by atoms with E-state index in [2.05, 4.69) is 0 Å². The van der Waals surface area contributed by atoms with Crippen LogP contribution in [0.2, 0.25) is 0 Å². The summed E-state index contributed by atoms with van der Waals surface area (Å²) in [7, 11) is 0. The van der Waals surface area contributed by atoms with Gasteiger partial charge < -0.3 is 10.3 Å². The van der Waals surface area contributed by atoms with Crippen LogP contribution in [0.4, 0.5) is 0 Å². The highest BCUT2D eigenvalue weighted by molar-refractivity contribution is 5.75. The number of aromatic nitrogens is 4. The Bertz CT molecular complexity index is 1180. The van der Waals surface area contributed by atoms with E-state index in [0.717, 1.165) is 5.56 Å². The van der Waals surface area contributed by atoms with Gasteiger partial charge in [-0.2, -0.15) is 0 Å². The molecule has 0 bridgehead atoms. The molecular formula is C22H29N5O3. The predicted octanol–water partition coefficient (Wildman–Crippen LogP) is 1.99. The second-order valence-corrected chi connectivity index (χ2v) is 8.54. The normalized spacial score (nSPS) is 11.9. The van der Waals surface area contributed by atoms with Crippen LogP contribution in [0.3, 0.4) is 0 Å². The Labute approximate surface area is 175 Å². The first-order valence-corrected chi connectivity index (χ1v) is 10.2. The summed E-state index contributed by atoms with van der Waals surface area (Å²) in [4.78, 5) is 42.6. The lowest BCUT2D eigenvalue weighted by atomic mass is 9.95. The van der Waals surface area contributed by atoms with Crippen molar-refractivity contribution >= 4 is 17.1 Å². The first-order chi connectivity index (χ1) is 14.1. The third-order valence-electron chi connectivity index (χ3n) is 5.00. The van der Waals surface area contributed by atoms with E-state index in [4.69, 9.17) is 10.7 Å². The monoisotopic (exact) mass is 411 g/mol. The number of nitrogens with two attached hydrogens (primary N) is 1. The minimum Gasteiger partial charge on any atom is -0.370 e. The van der Waals surface area contributed by atoms with Gasteiger partial charge in [0, 0.05) is 31.5 Å². The Balaban J connectivity index is 2.38. The van der Waals surface area contributed by atoms with Gasteiger partial charge in [-0.25, -0.2) is 9.78 Å². The molecule has 30 heavy (non-hydrogen) atoms. The highest BCUT2D eigenvalue weighted by Crippen LogP contribution is 2.25. The number of nitrogens with zero attached hydrogens (tertiary/aromatic N) is 4. The SMILES string of the molecule is CCCn1c(=O)c2c(nc(C(C)(C)C)n2Cc2ccccc2)n(CCC(N)=O)c1=O. The van der Waals surface area contributed by atoms with Gasteiger partial charge in [-0.15, -0.1) is 0 Å². The zero-order valence-corrected chi connectivity index (χ0v) is 18.0. The average molecular weight is 412 g/mol. The highest BCUT2D eigenvalue weighted by atomic mass is 16.2. The van der Waals surface area contributed by atoms with Crippen molar-refractivity contribution < 1.29 is 4.79 Å². The van der Waals surface area contributed by atoms with Crippen LogP contribution in [0, 0.1) is 0 Å². The van der Waals surface area contributed by atoms with Crippen molar-refractivity contribution in [2.24, 2.45) is 5.73 Å². The minimum absolute atomic E-state index is 0.00423. The quantitative estimate of drug-likeness (QED) is 0.642. The van der Waals surface area contributed by atoms with Crippen molar-refractivity contribution in [1.82, 2.24) is 18.7 Å². The summed E-state index contributed by atoms with van der Waals surface area (Å²) in [5.41, 5.74) is 5.85. The molecule has 160 valence electrons. The lowest BCUT2D eigenvalue weighted by Gasteiger charge is -2.20. The van der Waals surface area contributed by atoms with Crippen molar-refractivity contribution in [1.29, 1.82) is 0 Å². The Morgan fingerprint density at radius 3 is 2.27 bits per heavy atom. The minimum atomic E-state index is -0.511. The van der Waals surface area contributed by atoms with Crippen molar-refractivity contribution in [2.75, 3.05) is 0 Å². The van der Waals surface area contributed by atoms with Crippen LogP contribution in [0.25, 0.3) is 11.2 Å². The molecule has 8 heteroatoms. The molecule has 2 aromatic heterocycles. The number of carbonyl (C=O) groups excluding carboxylic acids is 1. The van der Waals surface area contributed by atoms with E-state index in [9.17, 15) is 14.4 Å². The van der Waals surface area contributed by atoms with E-state index in [1.165, 1.54) is 9.13 Å². The van der Waals surface area contributed by atoms with Crippen LogP contribution in [0.1, 0.15) is 51.9 Å². The summed E-state index contributed by atoms with van der Waals surface area (Å²) >= 11 is 0. The molecule has 8 nitrogen and oxygen atoms in total. The Morgan fingerprint density at radius 1 is 1.03 bits per heavy atom. The smallest absolute Gasteiger partial charge is 0.332 e. The molecule has 3 aromatic rings. The molecule has 1 aromatic carbocycles. The van der Waals surface area contributed by atoms with Crippen molar-refractivity contribution in [2.45, 2.75) is 65.6 Å². The molecule has 0 aliphatic heterocycles. The standard InChI is InChI=1S/C22H29N5O3/c1-5-12-26-19(29)17-18(25(21(26)30)13-11-16(23)28)24-20(22(2,3)4)27(17)14-15-9-7-6-8-10-15/h6-10H,5,11-14H2,1-4H3,(H2,23,28). The number of fused-ring (bicyclic) bond motifs is 1. The number of carbonyl (C=O) groups is 1. The molecule has 0 aliphatic rings. The first kappa shape index (κ1) is 21.5. The zero-order valence-electron chi connectivity index (χ0n) is 18.0. The molecular weight excluding hydrogens is 382 g/mol. The van der Waals surface area contributed by atoms with Gasteiger partial charge in [0.15, 0.2) is 11.2 Å². The maximum absolute atomic E-state index is 13.4. The molecule has 1 amide bonds. The number of primary amides is 1. The summed E-state index contributed by atoms with van der Waals surface area (Å²) in [5.74, 6) is 0.197. The molecule has 0 atom stereocenters. The van der Waals surface area contributed by atoms with E-state index >= 15 is 0 Å². The van der Waals surface area contributed by atoms with Gasteiger partial charge in [0.25, 0.3) is 5.56 Å². The first-order valence-electron chi connectivity index (χ1n) is 10.2. The van der Waals surface area contributed by atoms with Gasteiger partial charge in [-0.3, -0.25) is 18.7 Å². The number of aryl methyl sites for hydroxylation is 1. The van der Waals surface area contributed by atoms with Gasteiger partial charge in [0.05, 0.1) is 0 Å². The fourth-order valence-corrected chi connectivity index (χ4v) is 3.63. The maximum Gasteiger partial charge on any atom is 0.332 e. The van der Waals surface area contributed by atoms with Gasteiger partial charge in [0.1, 0.15) is 5.82 Å². The Morgan fingerprint density at radius 2 is 1.70 bits per heavy atom. The third kappa shape index (κ3) is 4.08. The predicted molar refractivity (Wildman–Crippen MR) is 117 cm³/mol. The Hall–Kier alpha value is -3.16. The van der Waals surface area contributed by atoms with Crippen molar-refractivity contribution in [3.63, 3.8) is 0 Å². The van der Waals surface area contributed by atoms with Crippen LogP contribution in [-0.4, -0.2) is 24.6 Å². The van der Waals surface area contributed by atoms with Gasteiger partial charge >= 0.3 is 5.69 Å². The van der Waals surface area contributed by atoms with Crippen LogP contribution in [-0.2, 0) is 29.8 Å². The molecule has 0 radical (unpaired) electrons. The maximum atomic E-state index is 13.4.